The molecule has 0 bridgehead atoms. The summed E-state index contributed by atoms with van der Waals surface area (Å²) in [5.74, 6) is 0. The molecule has 0 atom stereocenters. The van der Waals surface area contributed by atoms with Gasteiger partial charge in [-0.2, -0.15) is 0 Å². The van der Waals surface area contributed by atoms with Gasteiger partial charge < -0.3 is 5.14 Å². The first kappa shape index (κ1) is 13.5. The Kier molecular flexibility index (Phi) is 6.07. The third-order valence-electron chi connectivity index (χ3n) is 1.12. The van der Waals surface area contributed by atoms with Crippen LogP contribution in [0.4, 0.5) is 0 Å². The van der Waals surface area contributed by atoms with E-state index >= 15 is 0 Å². The van der Waals surface area contributed by atoms with Gasteiger partial charge in [-0.05, 0) is 46.9 Å². The van der Waals surface area contributed by atoms with E-state index in [2.05, 4.69) is 22.6 Å². The first-order valence-corrected chi connectivity index (χ1v) is 5.31. The van der Waals surface area contributed by atoms with Crippen LogP contribution in [0.2, 0.25) is 0 Å². The van der Waals surface area contributed by atoms with Crippen LogP contribution in [0.5, 0.6) is 0 Å². The molecule has 1 N–H and O–H groups in total. The molecule has 0 heterocycles. The second-order valence-electron chi connectivity index (χ2n) is 1.96. The van der Waals surface area contributed by atoms with E-state index < -0.39 is 10.0 Å². The van der Waals surface area contributed by atoms with Crippen LogP contribution in [0.3, 0.4) is 0 Å². The van der Waals surface area contributed by atoms with Crippen molar-refractivity contribution in [2.24, 2.45) is 0 Å². The summed E-state index contributed by atoms with van der Waals surface area (Å²) in [7, 11) is -3.77. The summed E-state index contributed by atoms with van der Waals surface area (Å²) in [5.41, 5.74) is 0. The molecule has 1 rings (SSSR count). The Morgan fingerprint density at radius 2 is 1.58 bits per heavy atom. The molecule has 3 nitrogen and oxygen atoms in total. The van der Waals surface area contributed by atoms with Crippen LogP contribution in [-0.2, 0) is 10.0 Å². The van der Waals surface area contributed by atoms with Gasteiger partial charge in [0.25, 0.3) is 0 Å². The van der Waals surface area contributed by atoms with E-state index in [1.165, 1.54) is 12.1 Å². The van der Waals surface area contributed by atoms with Crippen molar-refractivity contribution >= 4 is 32.6 Å². The molecule has 0 aromatic heterocycles. The smallest absolute Gasteiger partial charge is 0.560 e. The summed E-state index contributed by atoms with van der Waals surface area (Å²) >= 11 is 2.07. The minimum atomic E-state index is -3.77. The summed E-state index contributed by atoms with van der Waals surface area (Å²) in [6.45, 7) is 0. The molecule has 0 unspecified atom stereocenters. The molecular weight excluding hydrogens is 316 g/mol. The third kappa shape index (κ3) is 4.14. The van der Waals surface area contributed by atoms with Gasteiger partial charge >= 0.3 is 51.4 Å². The van der Waals surface area contributed by atoms with Gasteiger partial charge in [0.2, 0.25) is 0 Å². The number of halogens is 1. The molecule has 12 heavy (non-hydrogen) atoms. The van der Waals surface area contributed by atoms with Gasteiger partial charge in [-0.15, -0.1) is 0 Å². The van der Waals surface area contributed by atoms with E-state index in [1.807, 2.05) is 0 Å². The van der Waals surface area contributed by atoms with Crippen LogP contribution >= 0.6 is 22.6 Å². The number of nitrogens with one attached hydrogen (secondary N) is 1. The Morgan fingerprint density at radius 1 is 1.17 bits per heavy atom. The molecule has 0 aliphatic rings. The molecule has 0 fully saturated rings. The van der Waals surface area contributed by atoms with Crippen molar-refractivity contribution < 1.29 is 59.8 Å². The fraction of sp³-hybridized carbons (Fsp3) is 0. The van der Waals surface area contributed by atoms with Crippen LogP contribution in [0.25, 0.3) is 5.14 Å². The van der Waals surface area contributed by atoms with Crippen molar-refractivity contribution in [3.05, 3.63) is 33.0 Å². The van der Waals surface area contributed by atoms with Gasteiger partial charge in [-0.3, -0.25) is 0 Å². The minimum Gasteiger partial charge on any atom is -0.560 e. The summed E-state index contributed by atoms with van der Waals surface area (Å²) in [4.78, 5) is 0.0397. The largest absolute Gasteiger partial charge is 1.00 e. The zero-order valence-electron chi connectivity index (χ0n) is 6.41. The van der Waals surface area contributed by atoms with Gasteiger partial charge in [-0.1, -0.05) is 0 Å². The summed E-state index contributed by atoms with van der Waals surface area (Å²) in [6.07, 6.45) is 0. The Bertz CT molecular complexity index is 348. The molecule has 0 saturated heterocycles. The van der Waals surface area contributed by atoms with Crippen LogP contribution in [0.15, 0.2) is 29.2 Å². The van der Waals surface area contributed by atoms with Crippen molar-refractivity contribution in [3.8, 4) is 0 Å². The summed E-state index contributed by atoms with van der Waals surface area (Å²) in [5, 5.41) is 6.71. The van der Waals surface area contributed by atoms with E-state index in [-0.39, 0.29) is 56.3 Å². The molecule has 0 amide bonds. The Balaban J connectivity index is 0.00000121. The predicted molar refractivity (Wildman–Crippen MR) is 50.7 cm³/mol. The summed E-state index contributed by atoms with van der Waals surface area (Å²) < 4.78 is 22.2. The fourth-order valence-corrected chi connectivity index (χ4v) is 1.47. The number of benzene rings is 1. The average molecular weight is 321 g/mol. The van der Waals surface area contributed by atoms with Crippen molar-refractivity contribution in [2.75, 3.05) is 0 Å². The van der Waals surface area contributed by atoms with Crippen LogP contribution in [-0.4, -0.2) is 8.42 Å². The topological polar surface area (TPSA) is 57.9 Å². The number of rotatable bonds is 1. The number of hydrogen-bond acceptors (Lipinski definition) is 2. The average Bonchev–Trinajstić information content (AvgIpc) is 1.86. The molecular formula is C6H5IKNO2S. The molecule has 6 heteroatoms. The maximum Gasteiger partial charge on any atom is 1.00 e. The van der Waals surface area contributed by atoms with Crippen LogP contribution in [0.1, 0.15) is 0 Å². The third-order valence-corrected chi connectivity index (χ3v) is 2.74. The number of hydrogen-bond donors (Lipinski definition) is 0. The predicted octanol–water partition coefficient (Wildman–Crippen LogP) is -0.964. The SMILES string of the molecule is [K+].[NH-]S(=O)(=O)c1ccc(I)cc1. The van der Waals surface area contributed by atoms with E-state index in [9.17, 15) is 8.42 Å². The van der Waals surface area contributed by atoms with Crippen LogP contribution < -0.4 is 51.4 Å². The second-order valence-corrected chi connectivity index (χ2v) is 4.68. The zero-order valence-corrected chi connectivity index (χ0v) is 12.5. The van der Waals surface area contributed by atoms with Gasteiger partial charge in [0.1, 0.15) is 0 Å². The molecule has 0 saturated carbocycles. The molecule has 0 aliphatic carbocycles. The van der Waals surface area contributed by atoms with E-state index in [0.717, 1.165) is 3.57 Å². The zero-order chi connectivity index (χ0) is 8.48. The van der Waals surface area contributed by atoms with Gasteiger partial charge in [0, 0.05) is 8.47 Å². The molecule has 1 aromatic carbocycles. The summed E-state index contributed by atoms with van der Waals surface area (Å²) in [6, 6.07) is 6.15. The Hall–Kier alpha value is 1.50. The van der Waals surface area contributed by atoms with Gasteiger partial charge in [0.05, 0.1) is 10.0 Å². The van der Waals surface area contributed by atoms with E-state index in [0.29, 0.717) is 0 Å². The van der Waals surface area contributed by atoms with E-state index in [4.69, 9.17) is 5.14 Å². The second kappa shape index (κ2) is 5.40. The van der Waals surface area contributed by atoms with Gasteiger partial charge in [0.15, 0.2) is 0 Å². The van der Waals surface area contributed by atoms with Crippen LogP contribution in [0, 0.1) is 3.57 Å². The van der Waals surface area contributed by atoms with Crippen molar-refractivity contribution in [2.45, 2.75) is 4.90 Å². The Morgan fingerprint density at radius 3 is 1.92 bits per heavy atom. The first-order valence-electron chi connectivity index (χ1n) is 2.75. The normalized spacial score (nSPS) is 10.5. The fourth-order valence-electron chi connectivity index (χ4n) is 0.614. The minimum absolute atomic E-state index is 0. The van der Waals surface area contributed by atoms with Crippen molar-refractivity contribution in [1.29, 1.82) is 0 Å². The van der Waals surface area contributed by atoms with E-state index in [1.54, 1.807) is 12.1 Å². The molecule has 1 aromatic rings. The molecule has 60 valence electrons. The van der Waals surface area contributed by atoms with Gasteiger partial charge in [-0.25, -0.2) is 8.42 Å². The van der Waals surface area contributed by atoms with Crippen molar-refractivity contribution in [1.82, 2.24) is 0 Å². The number of sulfonamides is 1. The molecule has 0 aliphatic heterocycles. The first-order chi connectivity index (χ1) is 5.00. The molecule has 0 radical (unpaired) electrons. The standard InChI is InChI=1S/C6H5INO2S.K/c7-5-1-3-6(4-2-5)11(8,9)10;/h1-4H,(H-,8,9,10);/q-1;+1. The maximum absolute atomic E-state index is 10.6. The van der Waals surface area contributed by atoms with Crippen molar-refractivity contribution in [3.63, 3.8) is 0 Å². The maximum atomic E-state index is 10.6. The Labute approximate surface area is 128 Å². The quantitative estimate of drug-likeness (QED) is 0.494. The monoisotopic (exact) mass is 321 g/mol. The molecule has 0 spiro atoms.